The third-order valence-corrected chi connectivity index (χ3v) is 6.20. The number of aliphatic carboxylic acids is 1. The molecule has 0 radical (unpaired) electrons. The van der Waals surface area contributed by atoms with Crippen molar-refractivity contribution in [2.24, 2.45) is 0 Å². The molecule has 4 aromatic carbocycles. The van der Waals surface area contributed by atoms with Crippen molar-refractivity contribution in [1.29, 1.82) is 0 Å². The van der Waals surface area contributed by atoms with Crippen molar-refractivity contribution < 1.29 is 27.8 Å². The van der Waals surface area contributed by atoms with Crippen LogP contribution < -0.4 is 4.74 Å². The van der Waals surface area contributed by atoms with Gasteiger partial charge in [-0.1, -0.05) is 72.3 Å². The predicted molar refractivity (Wildman–Crippen MR) is 138 cm³/mol. The van der Waals surface area contributed by atoms with Crippen molar-refractivity contribution in [3.8, 4) is 17.0 Å². The van der Waals surface area contributed by atoms with Gasteiger partial charge in [0.2, 0.25) is 6.10 Å². The summed E-state index contributed by atoms with van der Waals surface area (Å²) in [7, 11) is 0. The fraction of sp³-hybridized carbons (Fsp3) is 0.133. The molecule has 0 saturated carbocycles. The van der Waals surface area contributed by atoms with Crippen LogP contribution in [0.1, 0.15) is 28.4 Å². The molecule has 5 nitrogen and oxygen atoms in total. The zero-order chi connectivity index (χ0) is 26.9. The Bertz CT molecular complexity index is 1590. The lowest BCUT2D eigenvalue weighted by atomic mass is 10.0. The Morgan fingerprint density at radius 2 is 1.66 bits per heavy atom. The lowest BCUT2D eigenvalue weighted by molar-refractivity contribution is -0.145. The van der Waals surface area contributed by atoms with Crippen molar-refractivity contribution in [2.45, 2.75) is 25.7 Å². The summed E-state index contributed by atoms with van der Waals surface area (Å²) in [5, 5.41) is 14.5. The minimum absolute atomic E-state index is 0.128. The second-order valence-electron chi connectivity index (χ2n) is 8.97. The van der Waals surface area contributed by atoms with Crippen LogP contribution in [0.4, 0.5) is 13.2 Å². The molecule has 8 heteroatoms. The molecule has 0 saturated heterocycles. The number of hydrogen-bond acceptors (Lipinski definition) is 3. The summed E-state index contributed by atoms with van der Waals surface area (Å²) in [6.07, 6.45) is -5.76. The molecule has 5 rings (SSSR count). The van der Waals surface area contributed by atoms with Gasteiger partial charge in [0.1, 0.15) is 11.3 Å². The van der Waals surface area contributed by atoms with Crippen LogP contribution in [0.25, 0.3) is 22.2 Å². The molecule has 5 aromatic rings. The van der Waals surface area contributed by atoms with E-state index in [0.29, 0.717) is 28.0 Å². The smallest absolute Gasteiger partial charge is 0.418 e. The van der Waals surface area contributed by atoms with Gasteiger partial charge in [-0.3, -0.25) is 4.68 Å². The molecule has 192 valence electrons. The maximum atomic E-state index is 13.8. The third-order valence-electron chi connectivity index (χ3n) is 6.20. The molecule has 0 aliphatic carbocycles. The number of carboxylic acid groups (broad SMARTS) is 1. The standard InChI is InChI=1S/C30H23F3N2O3/c1-19-7-5-10-22(17-19)28(29(36)37)38-23-15-13-21(14-16-23)27-24-11-6-12-25(30(31,32)33)26(24)34-35(27)18-20-8-3-2-4-9-20/h2-17,28H,18H2,1H3,(H,36,37). The zero-order valence-electron chi connectivity index (χ0n) is 20.3. The summed E-state index contributed by atoms with van der Waals surface area (Å²) in [4.78, 5) is 11.9. The van der Waals surface area contributed by atoms with Gasteiger partial charge in [-0.05, 0) is 42.8 Å². The van der Waals surface area contributed by atoms with Crippen molar-refractivity contribution in [2.75, 3.05) is 0 Å². The highest BCUT2D eigenvalue weighted by atomic mass is 19.4. The quantitative estimate of drug-likeness (QED) is 0.247. The Balaban J connectivity index is 1.55. The fourth-order valence-electron chi connectivity index (χ4n) is 4.48. The summed E-state index contributed by atoms with van der Waals surface area (Å²) in [5.41, 5.74) is 2.52. The first-order chi connectivity index (χ1) is 18.2. The summed E-state index contributed by atoms with van der Waals surface area (Å²) in [6, 6.07) is 27.1. The number of carboxylic acids is 1. The number of nitrogens with zero attached hydrogens (tertiary/aromatic N) is 2. The maximum absolute atomic E-state index is 13.8. The number of ether oxygens (including phenoxy) is 1. The Kier molecular flexibility index (Phi) is 6.63. The SMILES string of the molecule is Cc1cccc(C(Oc2ccc(-c3c4cccc(C(F)(F)F)c4nn3Cc3ccccc3)cc2)C(=O)O)c1. The largest absolute Gasteiger partial charge is 0.478 e. The molecule has 0 aliphatic rings. The molecule has 1 heterocycles. The number of alkyl halides is 3. The van der Waals surface area contributed by atoms with Crippen molar-refractivity contribution >= 4 is 16.9 Å². The van der Waals surface area contributed by atoms with Crippen LogP contribution in [-0.4, -0.2) is 20.9 Å². The van der Waals surface area contributed by atoms with Gasteiger partial charge in [0.25, 0.3) is 0 Å². The normalized spacial score (nSPS) is 12.4. The summed E-state index contributed by atoms with van der Waals surface area (Å²) < 4.78 is 48.7. The minimum atomic E-state index is -4.55. The van der Waals surface area contributed by atoms with Crippen LogP contribution in [0.15, 0.2) is 97.1 Å². The first-order valence-electron chi connectivity index (χ1n) is 11.9. The Morgan fingerprint density at radius 3 is 2.32 bits per heavy atom. The summed E-state index contributed by atoms with van der Waals surface area (Å²) in [5.74, 6) is -0.816. The number of hydrogen-bond donors (Lipinski definition) is 1. The molecule has 38 heavy (non-hydrogen) atoms. The number of rotatable bonds is 7. The van der Waals surface area contributed by atoms with E-state index in [1.54, 1.807) is 53.2 Å². The van der Waals surface area contributed by atoms with Gasteiger partial charge in [-0.25, -0.2) is 4.79 Å². The van der Waals surface area contributed by atoms with Crippen LogP contribution >= 0.6 is 0 Å². The van der Waals surface area contributed by atoms with Gasteiger partial charge in [-0.15, -0.1) is 0 Å². The van der Waals surface area contributed by atoms with E-state index in [4.69, 9.17) is 4.74 Å². The number of halogens is 3. The van der Waals surface area contributed by atoms with E-state index < -0.39 is 23.8 Å². The molecule has 0 amide bonds. The van der Waals surface area contributed by atoms with Gasteiger partial charge in [0, 0.05) is 16.5 Å². The third kappa shape index (κ3) is 5.11. The van der Waals surface area contributed by atoms with E-state index in [9.17, 15) is 23.1 Å². The van der Waals surface area contributed by atoms with Crippen molar-refractivity contribution in [3.63, 3.8) is 0 Å². The van der Waals surface area contributed by atoms with Gasteiger partial charge in [0.05, 0.1) is 17.8 Å². The number of carbonyl (C=O) groups is 1. The van der Waals surface area contributed by atoms with Gasteiger partial charge < -0.3 is 9.84 Å². The molecule has 0 fully saturated rings. The number of aromatic nitrogens is 2. The Labute approximate surface area is 216 Å². The average molecular weight is 517 g/mol. The van der Waals surface area contributed by atoms with Crippen molar-refractivity contribution in [3.05, 3.63) is 119 Å². The number of aryl methyl sites for hydroxylation is 1. The van der Waals surface area contributed by atoms with E-state index in [1.807, 2.05) is 43.3 Å². The van der Waals surface area contributed by atoms with Crippen molar-refractivity contribution in [1.82, 2.24) is 9.78 Å². The monoisotopic (exact) mass is 516 g/mol. The molecule has 0 bridgehead atoms. The molecule has 1 atom stereocenters. The van der Waals surface area contributed by atoms with Crippen LogP contribution in [0.2, 0.25) is 0 Å². The molecular weight excluding hydrogens is 493 g/mol. The number of fused-ring (bicyclic) bond motifs is 1. The second kappa shape index (κ2) is 10.0. The minimum Gasteiger partial charge on any atom is -0.478 e. The van der Waals surface area contributed by atoms with E-state index in [2.05, 4.69) is 5.10 Å². The molecule has 1 N–H and O–H groups in total. The van der Waals surface area contributed by atoms with Gasteiger partial charge in [0.15, 0.2) is 0 Å². The first kappa shape index (κ1) is 25.1. The second-order valence-corrected chi connectivity index (χ2v) is 8.97. The highest BCUT2D eigenvalue weighted by Gasteiger charge is 2.34. The summed E-state index contributed by atoms with van der Waals surface area (Å²) in [6.45, 7) is 2.14. The Morgan fingerprint density at radius 1 is 0.947 bits per heavy atom. The topological polar surface area (TPSA) is 64.4 Å². The molecule has 0 spiro atoms. The van der Waals surface area contributed by atoms with Gasteiger partial charge in [-0.2, -0.15) is 18.3 Å². The van der Waals surface area contributed by atoms with Crippen LogP contribution in [0.5, 0.6) is 5.75 Å². The van der Waals surface area contributed by atoms with E-state index in [0.717, 1.165) is 17.2 Å². The van der Waals surface area contributed by atoms with Crippen LogP contribution in [0.3, 0.4) is 0 Å². The number of benzene rings is 4. The predicted octanol–water partition coefficient (Wildman–Crippen LogP) is 7.28. The average Bonchev–Trinajstić information content (AvgIpc) is 3.25. The highest BCUT2D eigenvalue weighted by Crippen LogP contribution is 2.38. The lowest BCUT2D eigenvalue weighted by Crippen LogP contribution is -2.18. The highest BCUT2D eigenvalue weighted by molar-refractivity contribution is 5.95. The fourth-order valence-corrected chi connectivity index (χ4v) is 4.48. The van der Waals surface area contributed by atoms with Crippen LogP contribution in [0, 0.1) is 6.92 Å². The Hall–Kier alpha value is -4.59. The lowest BCUT2D eigenvalue weighted by Gasteiger charge is -2.16. The maximum Gasteiger partial charge on any atom is 0.418 e. The molecule has 0 aliphatic heterocycles. The van der Waals surface area contributed by atoms with E-state index in [1.165, 1.54) is 6.07 Å². The van der Waals surface area contributed by atoms with E-state index >= 15 is 0 Å². The zero-order valence-corrected chi connectivity index (χ0v) is 20.3. The van der Waals surface area contributed by atoms with Gasteiger partial charge >= 0.3 is 12.1 Å². The summed E-state index contributed by atoms with van der Waals surface area (Å²) >= 11 is 0. The molecule has 1 aromatic heterocycles. The molecule has 1 unspecified atom stereocenters. The van der Waals surface area contributed by atoms with Crippen LogP contribution in [-0.2, 0) is 17.5 Å². The van der Waals surface area contributed by atoms with E-state index in [-0.39, 0.29) is 12.1 Å². The first-order valence-corrected chi connectivity index (χ1v) is 11.9. The molecular formula is C30H23F3N2O3.